The second kappa shape index (κ2) is 7.08. The Labute approximate surface area is 143 Å². The van der Waals surface area contributed by atoms with E-state index in [0.29, 0.717) is 22.7 Å². The van der Waals surface area contributed by atoms with Gasteiger partial charge in [-0.3, -0.25) is 4.79 Å². The number of hydrogen-bond acceptors (Lipinski definition) is 5. The van der Waals surface area contributed by atoms with Crippen LogP contribution in [0.15, 0.2) is 49.2 Å². The molecule has 8 heteroatoms. The lowest BCUT2D eigenvalue weighted by Gasteiger charge is -2.18. The van der Waals surface area contributed by atoms with Crippen LogP contribution in [0.25, 0.3) is 5.82 Å². The first-order valence-corrected chi connectivity index (χ1v) is 7.54. The molecule has 0 saturated carbocycles. The minimum absolute atomic E-state index is 0.295. The van der Waals surface area contributed by atoms with Gasteiger partial charge in [-0.2, -0.15) is 5.10 Å². The van der Waals surface area contributed by atoms with Crippen LogP contribution in [-0.4, -0.2) is 32.8 Å². The largest absolute Gasteiger partial charge is 0.496 e. The van der Waals surface area contributed by atoms with E-state index in [9.17, 15) is 9.18 Å². The van der Waals surface area contributed by atoms with Gasteiger partial charge in [-0.05, 0) is 31.2 Å². The van der Waals surface area contributed by atoms with E-state index in [4.69, 9.17) is 4.74 Å². The van der Waals surface area contributed by atoms with Crippen molar-refractivity contribution in [3.8, 4) is 11.6 Å². The number of pyridine rings is 1. The van der Waals surface area contributed by atoms with Crippen LogP contribution < -0.4 is 10.1 Å². The summed E-state index contributed by atoms with van der Waals surface area (Å²) in [6.45, 7) is 1.69. The highest BCUT2D eigenvalue weighted by atomic mass is 19.1. The SMILES string of the molecule is COc1cccc(F)c1[C@H](C)NC(=O)c1ccnc(-n2cncn2)c1. The number of nitrogens with one attached hydrogen (secondary N) is 1. The van der Waals surface area contributed by atoms with Crippen molar-refractivity contribution in [2.45, 2.75) is 13.0 Å². The summed E-state index contributed by atoms with van der Waals surface area (Å²) in [5.41, 5.74) is 0.673. The van der Waals surface area contributed by atoms with E-state index in [1.54, 1.807) is 31.2 Å². The zero-order chi connectivity index (χ0) is 17.8. The molecule has 0 aliphatic heterocycles. The number of carbonyl (C=O) groups is 1. The number of benzene rings is 1. The quantitative estimate of drug-likeness (QED) is 0.770. The highest BCUT2D eigenvalue weighted by Gasteiger charge is 2.19. The van der Waals surface area contributed by atoms with Crippen LogP contribution >= 0.6 is 0 Å². The maximum atomic E-state index is 14.1. The maximum Gasteiger partial charge on any atom is 0.251 e. The molecule has 0 saturated heterocycles. The Kier molecular flexibility index (Phi) is 4.69. The van der Waals surface area contributed by atoms with Crippen molar-refractivity contribution < 1.29 is 13.9 Å². The zero-order valence-corrected chi connectivity index (χ0v) is 13.7. The normalized spacial score (nSPS) is 11.8. The van der Waals surface area contributed by atoms with Crippen LogP contribution in [0.1, 0.15) is 28.9 Å². The highest BCUT2D eigenvalue weighted by molar-refractivity contribution is 5.94. The maximum absolute atomic E-state index is 14.1. The number of hydrogen-bond donors (Lipinski definition) is 1. The lowest BCUT2D eigenvalue weighted by atomic mass is 10.1. The van der Waals surface area contributed by atoms with Crippen LogP contribution in [0.5, 0.6) is 5.75 Å². The van der Waals surface area contributed by atoms with Crippen LogP contribution in [0, 0.1) is 5.82 Å². The standard InChI is InChI=1S/C17H16FN5O2/c1-11(16-13(18)4-3-5-14(16)25-2)22-17(24)12-6-7-20-15(8-12)23-10-19-9-21-23/h3-11H,1-2H3,(H,22,24)/t11-/m0/s1. The second-order valence-electron chi connectivity index (χ2n) is 5.29. The number of methoxy groups -OCH3 is 1. The molecule has 0 bridgehead atoms. The number of amides is 1. The van der Waals surface area contributed by atoms with Gasteiger partial charge in [-0.25, -0.2) is 19.0 Å². The molecule has 1 amide bonds. The summed E-state index contributed by atoms with van der Waals surface area (Å²) in [7, 11) is 1.46. The number of ether oxygens (including phenoxy) is 1. The minimum atomic E-state index is -0.577. The van der Waals surface area contributed by atoms with Gasteiger partial charge in [0.2, 0.25) is 0 Å². The second-order valence-corrected chi connectivity index (χ2v) is 5.29. The van der Waals surface area contributed by atoms with Crippen molar-refractivity contribution in [3.05, 3.63) is 66.1 Å². The van der Waals surface area contributed by atoms with Crippen molar-refractivity contribution in [1.29, 1.82) is 0 Å². The van der Waals surface area contributed by atoms with E-state index >= 15 is 0 Å². The Morgan fingerprint density at radius 1 is 1.36 bits per heavy atom. The molecular weight excluding hydrogens is 325 g/mol. The fraction of sp³-hybridized carbons (Fsp3) is 0.176. The fourth-order valence-electron chi connectivity index (χ4n) is 2.48. The molecule has 0 unspecified atom stereocenters. The molecule has 128 valence electrons. The van der Waals surface area contributed by atoms with Gasteiger partial charge < -0.3 is 10.1 Å². The van der Waals surface area contributed by atoms with E-state index in [2.05, 4.69) is 20.4 Å². The first kappa shape index (κ1) is 16.6. The van der Waals surface area contributed by atoms with E-state index in [1.807, 2.05) is 0 Å². The molecule has 0 aliphatic carbocycles. The summed E-state index contributed by atoms with van der Waals surface area (Å²) in [6, 6.07) is 7.11. The third-order valence-electron chi connectivity index (χ3n) is 3.67. The molecule has 0 aliphatic rings. The van der Waals surface area contributed by atoms with Gasteiger partial charge in [0.1, 0.15) is 24.2 Å². The molecule has 2 heterocycles. The molecular formula is C17H16FN5O2. The Balaban J connectivity index is 1.82. The molecule has 2 aromatic heterocycles. The minimum Gasteiger partial charge on any atom is -0.496 e. The molecule has 1 atom stereocenters. The molecule has 3 rings (SSSR count). The first-order chi connectivity index (χ1) is 12.1. The van der Waals surface area contributed by atoms with E-state index in [1.165, 1.54) is 36.7 Å². The molecule has 0 radical (unpaired) electrons. The predicted molar refractivity (Wildman–Crippen MR) is 88.0 cm³/mol. The van der Waals surface area contributed by atoms with Crippen LogP contribution in [0.2, 0.25) is 0 Å². The van der Waals surface area contributed by atoms with Crippen molar-refractivity contribution >= 4 is 5.91 Å². The van der Waals surface area contributed by atoms with Crippen molar-refractivity contribution in [3.63, 3.8) is 0 Å². The molecule has 1 N–H and O–H groups in total. The Bertz CT molecular complexity index is 883. The molecule has 25 heavy (non-hydrogen) atoms. The van der Waals surface area contributed by atoms with E-state index < -0.39 is 11.9 Å². The van der Waals surface area contributed by atoms with Gasteiger partial charge >= 0.3 is 0 Å². The number of aromatic nitrogens is 4. The Morgan fingerprint density at radius 3 is 2.92 bits per heavy atom. The van der Waals surface area contributed by atoms with Gasteiger partial charge in [0, 0.05) is 11.8 Å². The summed E-state index contributed by atoms with van der Waals surface area (Å²) in [4.78, 5) is 20.5. The third-order valence-corrected chi connectivity index (χ3v) is 3.67. The van der Waals surface area contributed by atoms with Gasteiger partial charge in [-0.15, -0.1) is 0 Å². The van der Waals surface area contributed by atoms with Gasteiger partial charge in [0.05, 0.1) is 18.7 Å². The first-order valence-electron chi connectivity index (χ1n) is 7.54. The number of carbonyl (C=O) groups excluding carboxylic acids is 1. The van der Waals surface area contributed by atoms with Gasteiger partial charge in [0.15, 0.2) is 5.82 Å². The molecule has 0 fully saturated rings. The third kappa shape index (κ3) is 3.47. The average Bonchev–Trinajstić information content (AvgIpc) is 3.16. The summed E-state index contributed by atoms with van der Waals surface area (Å²) in [5.74, 6) is 0.0406. The van der Waals surface area contributed by atoms with Gasteiger partial charge in [-0.1, -0.05) is 6.07 Å². The summed E-state index contributed by atoms with van der Waals surface area (Å²) >= 11 is 0. The molecule has 3 aromatic rings. The summed E-state index contributed by atoms with van der Waals surface area (Å²) in [5, 5.41) is 6.74. The summed E-state index contributed by atoms with van der Waals surface area (Å²) in [6.07, 6.45) is 4.36. The number of halogens is 1. The van der Waals surface area contributed by atoms with Crippen LogP contribution in [-0.2, 0) is 0 Å². The lowest BCUT2D eigenvalue weighted by molar-refractivity contribution is 0.0939. The summed E-state index contributed by atoms with van der Waals surface area (Å²) < 4.78 is 20.8. The molecule has 1 aromatic carbocycles. The molecule has 0 spiro atoms. The van der Waals surface area contributed by atoms with Gasteiger partial charge in [0.25, 0.3) is 5.91 Å². The van der Waals surface area contributed by atoms with Crippen LogP contribution in [0.4, 0.5) is 4.39 Å². The zero-order valence-electron chi connectivity index (χ0n) is 13.7. The average molecular weight is 341 g/mol. The number of nitrogens with zero attached hydrogens (tertiary/aromatic N) is 4. The Morgan fingerprint density at radius 2 is 2.20 bits per heavy atom. The van der Waals surface area contributed by atoms with Crippen molar-refractivity contribution in [1.82, 2.24) is 25.1 Å². The predicted octanol–water partition coefficient (Wildman–Crippen LogP) is 2.30. The van der Waals surface area contributed by atoms with E-state index in [-0.39, 0.29) is 5.91 Å². The Hall–Kier alpha value is -3.29. The smallest absolute Gasteiger partial charge is 0.251 e. The monoisotopic (exact) mass is 341 g/mol. The fourth-order valence-corrected chi connectivity index (χ4v) is 2.48. The topological polar surface area (TPSA) is 81.9 Å². The lowest BCUT2D eigenvalue weighted by Crippen LogP contribution is -2.27. The van der Waals surface area contributed by atoms with Crippen molar-refractivity contribution in [2.75, 3.05) is 7.11 Å². The van der Waals surface area contributed by atoms with E-state index in [0.717, 1.165) is 0 Å². The van der Waals surface area contributed by atoms with Crippen LogP contribution in [0.3, 0.4) is 0 Å². The highest BCUT2D eigenvalue weighted by Crippen LogP contribution is 2.27. The molecule has 7 nitrogen and oxygen atoms in total. The number of rotatable bonds is 5. The van der Waals surface area contributed by atoms with Crippen molar-refractivity contribution in [2.24, 2.45) is 0 Å².